The molecule has 1 atom stereocenters. The van der Waals surface area contributed by atoms with Crippen LogP contribution in [0.1, 0.15) is 34.6 Å². The maximum absolute atomic E-state index is 13.5. The van der Waals surface area contributed by atoms with Crippen molar-refractivity contribution in [3.05, 3.63) is 29.3 Å². The Labute approximate surface area is 168 Å². The monoisotopic (exact) mass is 390 g/mol. The summed E-state index contributed by atoms with van der Waals surface area (Å²) in [6, 6.07) is 7.43. The van der Waals surface area contributed by atoms with Crippen LogP contribution in [0.15, 0.2) is 29.3 Å². The molecule has 2 fully saturated rings. The summed E-state index contributed by atoms with van der Waals surface area (Å²) in [4.78, 5) is 25.1. The van der Waals surface area contributed by atoms with Gasteiger partial charge in [0.2, 0.25) is 5.91 Å². The highest BCUT2D eigenvalue weighted by molar-refractivity contribution is 6.31. The Balaban J connectivity index is 2.09. The lowest BCUT2D eigenvalue weighted by molar-refractivity contribution is -0.126. The van der Waals surface area contributed by atoms with E-state index in [4.69, 9.17) is 16.6 Å². The van der Waals surface area contributed by atoms with Gasteiger partial charge in [0.1, 0.15) is 5.84 Å². The molecule has 2 saturated heterocycles. The average Bonchev–Trinajstić information content (AvgIpc) is 2.75. The molecule has 1 aromatic rings. The molecule has 1 amide bonds. The molecule has 3 rings (SSSR count). The van der Waals surface area contributed by atoms with Gasteiger partial charge in [0.25, 0.3) is 0 Å². The quantitative estimate of drug-likeness (QED) is 0.775. The van der Waals surface area contributed by atoms with E-state index in [2.05, 4.69) is 37.6 Å². The number of benzene rings is 1. The molecular formula is C21H31ClN4O. The van der Waals surface area contributed by atoms with Crippen molar-refractivity contribution in [2.75, 3.05) is 38.1 Å². The summed E-state index contributed by atoms with van der Waals surface area (Å²) in [7, 11) is 2.15. The molecular weight excluding hydrogens is 360 g/mol. The Morgan fingerprint density at radius 2 is 1.63 bits per heavy atom. The zero-order valence-electron chi connectivity index (χ0n) is 17.3. The first kappa shape index (κ1) is 20.3. The SMILES string of the molecule is CN1CCN(C2C(=NC(C)(C)C)N(c3ccc(Cl)cc3)C(=O)C2(C)C)CC1. The smallest absolute Gasteiger partial charge is 0.240 e. The Morgan fingerprint density at radius 1 is 1.07 bits per heavy atom. The van der Waals surface area contributed by atoms with Crippen LogP contribution in [0.5, 0.6) is 0 Å². The van der Waals surface area contributed by atoms with Crippen LogP contribution in [-0.4, -0.2) is 66.4 Å². The van der Waals surface area contributed by atoms with Crippen molar-refractivity contribution in [2.24, 2.45) is 10.4 Å². The molecule has 2 aliphatic heterocycles. The number of amides is 1. The first-order valence-corrected chi connectivity index (χ1v) is 10.0. The molecule has 0 radical (unpaired) electrons. The van der Waals surface area contributed by atoms with Gasteiger partial charge in [-0.25, -0.2) is 0 Å². The minimum absolute atomic E-state index is 0.0337. The van der Waals surface area contributed by atoms with Crippen molar-refractivity contribution in [3.8, 4) is 0 Å². The van der Waals surface area contributed by atoms with Crippen molar-refractivity contribution in [1.29, 1.82) is 0 Å². The predicted octanol–water partition coefficient (Wildman–Crippen LogP) is 3.53. The number of aliphatic imine (C=N–C) groups is 1. The summed E-state index contributed by atoms with van der Waals surface area (Å²) in [5.74, 6) is 0.945. The number of hydrogen-bond donors (Lipinski definition) is 0. The van der Waals surface area contributed by atoms with Crippen LogP contribution in [0.2, 0.25) is 5.02 Å². The van der Waals surface area contributed by atoms with E-state index in [1.807, 2.05) is 43.0 Å². The molecule has 0 aromatic heterocycles. The summed E-state index contributed by atoms with van der Waals surface area (Å²) in [6.07, 6.45) is 0. The summed E-state index contributed by atoms with van der Waals surface area (Å²) >= 11 is 6.07. The lowest BCUT2D eigenvalue weighted by Crippen LogP contribution is -2.55. The van der Waals surface area contributed by atoms with Crippen LogP contribution in [-0.2, 0) is 4.79 Å². The van der Waals surface area contributed by atoms with Crippen molar-refractivity contribution in [1.82, 2.24) is 9.80 Å². The van der Waals surface area contributed by atoms with Gasteiger partial charge in [0.15, 0.2) is 0 Å². The van der Waals surface area contributed by atoms with Crippen molar-refractivity contribution >= 4 is 29.0 Å². The maximum Gasteiger partial charge on any atom is 0.240 e. The lowest BCUT2D eigenvalue weighted by Gasteiger charge is -2.40. The largest absolute Gasteiger partial charge is 0.304 e. The van der Waals surface area contributed by atoms with E-state index in [-0.39, 0.29) is 17.5 Å². The molecule has 1 aromatic carbocycles. The third-order valence-electron chi connectivity index (χ3n) is 5.35. The van der Waals surface area contributed by atoms with E-state index in [1.54, 1.807) is 0 Å². The van der Waals surface area contributed by atoms with E-state index >= 15 is 0 Å². The molecule has 2 aliphatic rings. The summed E-state index contributed by atoms with van der Waals surface area (Å²) in [6.45, 7) is 14.2. The van der Waals surface area contributed by atoms with Crippen molar-refractivity contribution in [2.45, 2.75) is 46.2 Å². The van der Waals surface area contributed by atoms with Crippen LogP contribution in [0.3, 0.4) is 0 Å². The van der Waals surface area contributed by atoms with Crippen molar-refractivity contribution in [3.63, 3.8) is 0 Å². The first-order chi connectivity index (χ1) is 12.5. The fourth-order valence-corrected chi connectivity index (χ4v) is 4.07. The molecule has 0 bridgehead atoms. The Morgan fingerprint density at radius 3 is 2.15 bits per heavy atom. The summed E-state index contributed by atoms with van der Waals surface area (Å²) in [5.41, 5.74) is 0.0163. The number of carbonyl (C=O) groups is 1. The number of likely N-dealkylation sites (N-methyl/N-ethyl adjacent to an activating group) is 1. The van der Waals surface area contributed by atoms with Gasteiger partial charge < -0.3 is 4.90 Å². The second-order valence-corrected chi connectivity index (χ2v) is 9.66. The number of hydrogen-bond acceptors (Lipinski definition) is 4. The van der Waals surface area contributed by atoms with Gasteiger partial charge in [-0.05, 0) is 65.9 Å². The highest BCUT2D eigenvalue weighted by atomic mass is 35.5. The standard InChI is InChI=1S/C21H31ClN4O/c1-20(2,3)23-18-17(25-13-11-24(6)12-14-25)21(4,5)19(27)26(18)16-9-7-15(22)8-10-16/h7-10,17H,11-14H2,1-6H3. The normalized spacial score (nSPS) is 26.2. The van der Waals surface area contributed by atoms with Gasteiger partial charge in [0.05, 0.1) is 22.7 Å². The van der Waals surface area contributed by atoms with Crippen LogP contribution in [0.4, 0.5) is 5.69 Å². The number of carbonyl (C=O) groups excluding carboxylic acids is 1. The van der Waals surface area contributed by atoms with Gasteiger partial charge in [0, 0.05) is 31.2 Å². The minimum atomic E-state index is -0.542. The number of nitrogens with zero attached hydrogens (tertiary/aromatic N) is 4. The highest BCUT2D eigenvalue weighted by Gasteiger charge is 2.55. The second-order valence-electron chi connectivity index (χ2n) is 9.22. The van der Waals surface area contributed by atoms with E-state index < -0.39 is 5.41 Å². The molecule has 5 nitrogen and oxygen atoms in total. The lowest BCUT2D eigenvalue weighted by atomic mass is 9.85. The number of amidine groups is 1. The van der Waals surface area contributed by atoms with E-state index in [1.165, 1.54) is 0 Å². The van der Waals surface area contributed by atoms with Crippen molar-refractivity contribution < 1.29 is 4.79 Å². The van der Waals surface area contributed by atoms with Crippen LogP contribution in [0, 0.1) is 5.41 Å². The minimum Gasteiger partial charge on any atom is -0.304 e. The fourth-order valence-electron chi connectivity index (χ4n) is 3.95. The number of piperazine rings is 1. The number of halogens is 1. The molecule has 0 saturated carbocycles. The summed E-state index contributed by atoms with van der Waals surface area (Å²) in [5, 5.41) is 0.662. The van der Waals surface area contributed by atoms with Crippen LogP contribution < -0.4 is 4.90 Å². The molecule has 0 spiro atoms. The molecule has 2 heterocycles. The van der Waals surface area contributed by atoms with Crippen LogP contribution in [0.25, 0.3) is 0 Å². The molecule has 27 heavy (non-hydrogen) atoms. The molecule has 0 aliphatic carbocycles. The Bertz CT molecular complexity index is 728. The van der Waals surface area contributed by atoms with Gasteiger partial charge in [-0.15, -0.1) is 0 Å². The third kappa shape index (κ3) is 4.05. The maximum atomic E-state index is 13.5. The average molecular weight is 391 g/mol. The van der Waals surface area contributed by atoms with Crippen LogP contribution >= 0.6 is 11.6 Å². The number of anilines is 1. The van der Waals surface area contributed by atoms with E-state index in [9.17, 15) is 4.79 Å². The third-order valence-corrected chi connectivity index (χ3v) is 5.60. The fraction of sp³-hybridized carbons (Fsp3) is 0.619. The predicted molar refractivity (Wildman–Crippen MR) is 113 cm³/mol. The second kappa shape index (κ2) is 7.19. The topological polar surface area (TPSA) is 39.1 Å². The van der Waals surface area contributed by atoms with E-state index in [0.717, 1.165) is 37.7 Å². The number of rotatable bonds is 2. The van der Waals surface area contributed by atoms with Gasteiger partial charge in [-0.3, -0.25) is 19.6 Å². The molecule has 1 unspecified atom stereocenters. The zero-order valence-corrected chi connectivity index (χ0v) is 18.0. The Kier molecular flexibility index (Phi) is 5.41. The molecule has 6 heteroatoms. The van der Waals surface area contributed by atoms with Gasteiger partial charge in [-0.2, -0.15) is 0 Å². The van der Waals surface area contributed by atoms with E-state index in [0.29, 0.717) is 5.02 Å². The molecule has 0 N–H and O–H groups in total. The molecule has 148 valence electrons. The zero-order chi connectivity index (χ0) is 20.0. The van der Waals surface area contributed by atoms with Gasteiger partial charge >= 0.3 is 0 Å². The van der Waals surface area contributed by atoms with Gasteiger partial charge in [-0.1, -0.05) is 11.6 Å². The highest BCUT2D eigenvalue weighted by Crippen LogP contribution is 2.40. The Hall–Kier alpha value is -1.43. The first-order valence-electron chi connectivity index (χ1n) is 9.63. The summed E-state index contributed by atoms with van der Waals surface area (Å²) < 4.78 is 0.